The first kappa shape index (κ1) is 15.0. The number of hydrogen-bond acceptors (Lipinski definition) is 3. The maximum atomic E-state index is 5.38. The van der Waals surface area contributed by atoms with E-state index in [2.05, 4.69) is 50.3 Å². The zero-order valence-electron chi connectivity index (χ0n) is 12.5. The van der Waals surface area contributed by atoms with E-state index in [9.17, 15) is 0 Å². The van der Waals surface area contributed by atoms with Crippen LogP contribution in [0.1, 0.15) is 29.2 Å². The lowest BCUT2D eigenvalue weighted by Crippen LogP contribution is -2.24. The molecule has 0 heterocycles. The van der Waals surface area contributed by atoms with E-state index in [1.807, 2.05) is 7.05 Å². The molecule has 0 aliphatic rings. The van der Waals surface area contributed by atoms with E-state index in [-0.39, 0.29) is 0 Å². The van der Waals surface area contributed by atoms with Crippen LogP contribution in [0.25, 0.3) is 0 Å². The summed E-state index contributed by atoms with van der Waals surface area (Å²) in [6.45, 7) is 5.33. The van der Waals surface area contributed by atoms with Gasteiger partial charge in [-0.1, -0.05) is 6.07 Å². The van der Waals surface area contributed by atoms with Crippen molar-refractivity contribution in [3.63, 3.8) is 0 Å². The fourth-order valence-corrected chi connectivity index (χ4v) is 2.37. The molecule has 18 heavy (non-hydrogen) atoms. The molecule has 0 saturated carbocycles. The van der Waals surface area contributed by atoms with E-state index in [0.29, 0.717) is 6.04 Å². The summed E-state index contributed by atoms with van der Waals surface area (Å²) < 4.78 is 5.38. The van der Waals surface area contributed by atoms with Crippen molar-refractivity contribution in [2.24, 2.45) is 0 Å². The Hall–Kier alpha value is -1.06. The van der Waals surface area contributed by atoms with Crippen LogP contribution < -0.4 is 10.1 Å². The number of ether oxygens (including phenoxy) is 1. The average molecular weight is 250 g/mol. The van der Waals surface area contributed by atoms with Gasteiger partial charge in [-0.3, -0.25) is 0 Å². The number of rotatable bonds is 6. The molecule has 3 nitrogen and oxygen atoms in total. The van der Waals surface area contributed by atoms with E-state index in [0.717, 1.165) is 18.7 Å². The van der Waals surface area contributed by atoms with Crippen LogP contribution in [0.4, 0.5) is 0 Å². The summed E-state index contributed by atoms with van der Waals surface area (Å²) in [5.74, 6) is 0.974. The Kier molecular flexibility index (Phi) is 5.63. The summed E-state index contributed by atoms with van der Waals surface area (Å²) in [6, 6.07) is 4.72. The normalized spacial score (nSPS) is 12.8. The van der Waals surface area contributed by atoms with Crippen LogP contribution in [-0.4, -0.2) is 39.7 Å². The highest BCUT2D eigenvalue weighted by atomic mass is 16.5. The molecular formula is C15H26N2O. The minimum Gasteiger partial charge on any atom is -0.496 e. The third-order valence-electron chi connectivity index (χ3n) is 3.65. The van der Waals surface area contributed by atoms with Gasteiger partial charge in [0.15, 0.2) is 0 Å². The Morgan fingerprint density at radius 1 is 1.22 bits per heavy atom. The number of nitrogens with zero attached hydrogens (tertiary/aromatic N) is 1. The molecule has 0 saturated heterocycles. The molecule has 0 bridgehead atoms. The van der Waals surface area contributed by atoms with Crippen molar-refractivity contribution >= 4 is 0 Å². The summed E-state index contributed by atoms with van der Waals surface area (Å²) in [4.78, 5) is 2.28. The number of hydrogen-bond donors (Lipinski definition) is 1. The highest BCUT2D eigenvalue weighted by Crippen LogP contribution is 2.31. The second kappa shape index (κ2) is 6.76. The van der Waals surface area contributed by atoms with Crippen molar-refractivity contribution in [2.75, 3.05) is 34.8 Å². The Labute approximate surface area is 111 Å². The smallest absolute Gasteiger partial charge is 0.122 e. The van der Waals surface area contributed by atoms with E-state index in [1.54, 1.807) is 7.11 Å². The van der Waals surface area contributed by atoms with Crippen LogP contribution in [0.5, 0.6) is 5.75 Å². The molecule has 0 aromatic heterocycles. The van der Waals surface area contributed by atoms with Crippen LogP contribution >= 0.6 is 0 Å². The lowest BCUT2D eigenvalue weighted by molar-refractivity contribution is 0.281. The molecule has 0 fully saturated rings. The summed E-state index contributed by atoms with van der Waals surface area (Å²) >= 11 is 0. The molecule has 1 aromatic carbocycles. The molecule has 1 atom stereocenters. The highest BCUT2D eigenvalue weighted by molar-refractivity contribution is 5.44. The molecule has 1 rings (SSSR count). The molecule has 0 aliphatic heterocycles. The van der Waals surface area contributed by atoms with Crippen molar-refractivity contribution in [3.05, 3.63) is 28.8 Å². The van der Waals surface area contributed by atoms with Gasteiger partial charge in [0, 0.05) is 6.04 Å². The molecule has 3 heteroatoms. The third kappa shape index (κ3) is 3.24. The number of methoxy groups -OCH3 is 1. The van der Waals surface area contributed by atoms with E-state index in [1.165, 1.54) is 16.7 Å². The molecule has 1 aromatic rings. The lowest BCUT2D eigenvalue weighted by Gasteiger charge is -2.27. The molecule has 0 spiro atoms. The number of nitrogens with one attached hydrogen (secondary N) is 1. The van der Waals surface area contributed by atoms with Gasteiger partial charge in [-0.25, -0.2) is 0 Å². The monoisotopic (exact) mass is 250 g/mol. The fraction of sp³-hybridized carbons (Fsp3) is 0.600. The van der Waals surface area contributed by atoms with Crippen molar-refractivity contribution in [2.45, 2.75) is 26.3 Å². The minimum absolute atomic E-state index is 0.446. The Morgan fingerprint density at radius 2 is 1.89 bits per heavy atom. The van der Waals surface area contributed by atoms with Crippen molar-refractivity contribution in [1.82, 2.24) is 10.2 Å². The molecule has 0 radical (unpaired) electrons. The van der Waals surface area contributed by atoms with Crippen LogP contribution in [0.2, 0.25) is 0 Å². The van der Waals surface area contributed by atoms with Crippen molar-refractivity contribution < 1.29 is 4.74 Å². The first-order chi connectivity index (χ1) is 8.52. The summed E-state index contributed by atoms with van der Waals surface area (Å²) in [5, 5.41) is 3.23. The van der Waals surface area contributed by atoms with Crippen LogP contribution in [0.15, 0.2) is 12.1 Å². The summed E-state index contributed by atoms with van der Waals surface area (Å²) in [5.41, 5.74) is 3.98. The Morgan fingerprint density at radius 3 is 2.39 bits per heavy atom. The van der Waals surface area contributed by atoms with Crippen molar-refractivity contribution in [3.8, 4) is 5.75 Å². The predicted molar refractivity (Wildman–Crippen MR) is 77.4 cm³/mol. The predicted octanol–water partition coefficient (Wildman–Crippen LogP) is 2.52. The Bertz CT molecular complexity index is 388. The molecule has 102 valence electrons. The van der Waals surface area contributed by atoms with Gasteiger partial charge in [-0.2, -0.15) is 0 Å². The summed E-state index contributed by atoms with van der Waals surface area (Å²) in [7, 11) is 8.00. The minimum atomic E-state index is 0.446. The Balaban J connectivity index is 3.09. The van der Waals surface area contributed by atoms with E-state index in [4.69, 9.17) is 4.74 Å². The van der Waals surface area contributed by atoms with Gasteiger partial charge in [0.2, 0.25) is 0 Å². The van der Waals surface area contributed by atoms with Gasteiger partial charge in [0.25, 0.3) is 0 Å². The second-order valence-corrected chi connectivity index (χ2v) is 4.98. The maximum Gasteiger partial charge on any atom is 0.122 e. The van der Waals surface area contributed by atoms with Gasteiger partial charge < -0.3 is 15.0 Å². The number of benzene rings is 1. The van der Waals surface area contributed by atoms with Gasteiger partial charge >= 0.3 is 0 Å². The fourth-order valence-electron chi connectivity index (χ4n) is 2.37. The summed E-state index contributed by atoms with van der Waals surface area (Å²) in [6.07, 6.45) is 1.11. The SMILES string of the molecule is CNCCC(c1ccc(OC)c(C)c1C)N(C)C. The molecular weight excluding hydrogens is 224 g/mol. The zero-order chi connectivity index (χ0) is 13.7. The molecule has 0 aliphatic carbocycles. The largest absolute Gasteiger partial charge is 0.496 e. The van der Waals surface area contributed by atoms with E-state index < -0.39 is 0 Å². The molecule has 1 unspecified atom stereocenters. The van der Waals surface area contributed by atoms with Crippen LogP contribution in [0, 0.1) is 13.8 Å². The van der Waals surface area contributed by atoms with Crippen LogP contribution in [0.3, 0.4) is 0 Å². The van der Waals surface area contributed by atoms with Gasteiger partial charge in [0.1, 0.15) is 5.75 Å². The third-order valence-corrected chi connectivity index (χ3v) is 3.65. The average Bonchev–Trinajstić information content (AvgIpc) is 2.34. The van der Waals surface area contributed by atoms with Crippen LogP contribution in [-0.2, 0) is 0 Å². The first-order valence-electron chi connectivity index (χ1n) is 6.48. The topological polar surface area (TPSA) is 24.5 Å². The highest BCUT2D eigenvalue weighted by Gasteiger charge is 2.17. The quantitative estimate of drug-likeness (QED) is 0.839. The van der Waals surface area contributed by atoms with Gasteiger partial charge in [-0.15, -0.1) is 0 Å². The first-order valence-corrected chi connectivity index (χ1v) is 6.48. The van der Waals surface area contributed by atoms with Gasteiger partial charge in [0.05, 0.1) is 7.11 Å². The maximum absolute atomic E-state index is 5.38. The second-order valence-electron chi connectivity index (χ2n) is 4.98. The lowest BCUT2D eigenvalue weighted by atomic mass is 9.94. The molecule has 1 N–H and O–H groups in total. The zero-order valence-corrected chi connectivity index (χ0v) is 12.5. The molecule has 0 amide bonds. The van der Waals surface area contributed by atoms with E-state index >= 15 is 0 Å². The van der Waals surface area contributed by atoms with Gasteiger partial charge in [-0.05, 0) is 70.7 Å². The van der Waals surface area contributed by atoms with Crippen molar-refractivity contribution in [1.29, 1.82) is 0 Å². The standard InChI is InChI=1S/C15H26N2O/c1-11-12(2)15(18-6)8-7-13(11)14(17(4)5)9-10-16-3/h7-8,14,16H,9-10H2,1-6H3.